The maximum absolute atomic E-state index is 13.6. The van der Waals surface area contributed by atoms with E-state index >= 15 is 0 Å². The molecule has 0 heterocycles. The second-order valence-corrected chi connectivity index (χ2v) is 4.96. The molecule has 0 amide bonds. The van der Waals surface area contributed by atoms with Gasteiger partial charge in [-0.05, 0) is 42.3 Å². The number of aryl methyl sites for hydroxylation is 1. The van der Waals surface area contributed by atoms with Gasteiger partial charge < -0.3 is 4.74 Å². The highest BCUT2D eigenvalue weighted by Crippen LogP contribution is 2.22. The van der Waals surface area contributed by atoms with E-state index in [-0.39, 0.29) is 18.0 Å². The largest absolute Gasteiger partial charge is 0.494 e. The topological polar surface area (TPSA) is 26.3 Å². The molecule has 2 aromatic carbocycles. The number of carbonyl (C=O) groups excluding carboxylic acids is 1. The lowest BCUT2D eigenvalue weighted by Gasteiger charge is -2.07. The summed E-state index contributed by atoms with van der Waals surface area (Å²) in [4.78, 5) is 12.2. The van der Waals surface area contributed by atoms with Gasteiger partial charge in [-0.25, -0.2) is 4.39 Å². The first-order valence-corrected chi connectivity index (χ1v) is 6.51. The number of rotatable bonds is 4. The molecule has 0 atom stereocenters. The Labute approximate surface area is 122 Å². The van der Waals surface area contributed by atoms with Crippen LogP contribution in [0.5, 0.6) is 5.75 Å². The Morgan fingerprint density at radius 3 is 2.60 bits per heavy atom. The van der Waals surface area contributed by atoms with Crippen LogP contribution >= 0.6 is 11.6 Å². The SMILES string of the molecule is COc1ccc(CC(=O)c2ccc(C)cc2Cl)cc1F. The van der Waals surface area contributed by atoms with Gasteiger partial charge in [-0.3, -0.25) is 4.79 Å². The zero-order chi connectivity index (χ0) is 14.7. The normalized spacial score (nSPS) is 10.4. The molecule has 104 valence electrons. The minimum atomic E-state index is -0.479. The van der Waals surface area contributed by atoms with Crippen LogP contribution in [0.3, 0.4) is 0 Å². The molecule has 20 heavy (non-hydrogen) atoms. The van der Waals surface area contributed by atoms with Crippen molar-refractivity contribution < 1.29 is 13.9 Å². The Hall–Kier alpha value is -1.87. The van der Waals surface area contributed by atoms with Gasteiger partial charge in [-0.2, -0.15) is 0 Å². The molecule has 0 fully saturated rings. The summed E-state index contributed by atoms with van der Waals surface area (Å²) >= 11 is 6.05. The highest BCUT2D eigenvalue weighted by atomic mass is 35.5. The standard InChI is InChI=1S/C16H14ClFO2/c1-10-3-5-12(13(17)7-10)15(19)9-11-4-6-16(20-2)14(18)8-11/h3-8H,9H2,1-2H3. The van der Waals surface area contributed by atoms with Crippen molar-refractivity contribution in [1.82, 2.24) is 0 Å². The molecule has 0 saturated heterocycles. The number of benzene rings is 2. The van der Waals surface area contributed by atoms with Crippen LogP contribution in [0.15, 0.2) is 36.4 Å². The predicted octanol–water partition coefficient (Wildman–Crippen LogP) is 4.22. The highest BCUT2D eigenvalue weighted by Gasteiger charge is 2.12. The van der Waals surface area contributed by atoms with E-state index in [0.29, 0.717) is 16.1 Å². The maximum atomic E-state index is 13.6. The summed E-state index contributed by atoms with van der Waals surface area (Å²) in [5.74, 6) is -0.457. The van der Waals surface area contributed by atoms with E-state index in [9.17, 15) is 9.18 Å². The molecule has 0 saturated carbocycles. The molecule has 0 N–H and O–H groups in total. The number of Topliss-reactive ketones (excluding diaryl/α,β-unsaturated/α-hetero) is 1. The Bertz CT molecular complexity index is 653. The quantitative estimate of drug-likeness (QED) is 0.789. The zero-order valence-electron chi connectivity index (χ0n) is 11.2. The van der Waals surface area contributed by atoms with Gasteiger partial charge in [0, 0.05) is 12.0 Å². The van der Waals surface area contributed by atoms with Crippen LogP contribution < -0.4 is 4.74 Å². The van der Waals surface area contributed by atoms with E-state index in [1.54, 1.807) is 18.2 Å². The molecule has 0 radical (unpaired) electrons. The van der Waals surface area contributed by atoms with Crippen molar-refractivity contribution in [3.63, 3.8) is 0 Å². The summed E-state index contributed by atoms with van der Waals surface area (Å²) in [6.45, 7) is 1.90. The van der Waals surface area contributed by atoms with Crippen LogP contribution in [0.1, 0.15) is 21.5 Å². The monoisotopic (exact) mass is 292 g/mol. The van der Waals surface area contributed by atoms with Crippen LogP contribution in [-0.2, 0) is 6.42 Å². The van der Waals surface area contributed by atoms with E-state index in [4.69, 9.17) is 16.3 Å². The van der Waals surface area contributed by atoms with Crippen molar-refractivity contribution in [3.8, 4) is 5.75 Å². The fourth-order valence-electron chi connectivity index (χ4n) is 1.95. The van der Waals surface area contributed by atoms with E-state index in [2.05, 4.69) is 0 Å². The first-order chi connectivity index (χ1) is 9.51. The first kappa shape index (κ1) is 14.5. The Kier molecular flexibility index (Phi) is 4.40. The number of methoxy groups -OCH3 is 1. The van der Waals surface area contributed by atoms with Crippen LogP contribution in [-0.4, -0.2) is 12.9 Å². The molecule has 0 aliphatic rings. The highest BCUT2D eigenvalue weighted by molar-refractivity contribution is 6.34. The van der Waals surface area contributed by atoms with Gasteiger partial charge >= 0.3 is 0 Å². The molecular formula is C16H14ClFO2. The van der Waals surface area contributed by atoms with Gasteiger partial charge in [0.25, 0.3) is 0 Å². The van der Waals surface area contributed by atoms with E-state index in [0.717, 1.165) is 5.56 Å². The lowest BCUT2D eigenvalue weighted by atomic mass is 10.0. The van der Waals surface area contributed by atoms with Crippen molar-refractivity contribution in [2.24, 2.45) is 0 Å². The second-order valence-electron chi connectivity index (χ2n) is 4.55. The van der Waals surface area contributed by atoms with Crippen LogP contribution in [0.2, 0.25) is 5.02 Å². The van der Waals surface area contributed by atoms with Crippen LogP contribution in [0.4, 0.5) is 4.39 Å². The third kappa shape index (κ3) is 3.17. The summed E-state index contributed by atoms with van der Waals surface area (Å²) in [6.07, 6.45) is 0.101. The van der Waals surface area contributed by atoms with Gasteiger partial charge in [0.15, 0.2) is 17.3 Å². The van der Waals surface area contributed by atoms with Gasteiger partial charge in [0.2, 0.25) is 0 Å². The lowest BCUT2D eigenvalue weighted by molar-refractivity contribution is 0.0993. The molecule has 2 nitrogen and oxygen atoms in total. The van der Waals surface area contributed by atoms with Gasteiger partial charge in [-0.15, -0.1) is 0 Å². The molecule has 2 aromatic rings. The molecule has 0 aliphatic heterocycles. The number of halogens is 2. The zero-order valence-corrected chi connectivity index (χ0v) is 12.0. The van der Waals surface area contributed by atoms with Crippen molar-refractivity contribution in [3.05, 3.63) is 63.9 Å². The van der Waals surface area contributed by atoms with Gasteiger partial charge in [0.1, 0.15) is 0 Å². The lowest BCUT2D eigenvalue weighted by Crippen LogP contribution is -2.05. The van der Waals surface area contributed by atoms with Crippen molar-refractivity contribution in [1.29, 1.82) is 0 Å². The van der Waals surface area contributed by atoms with Crippen LogP contribution in [0.25, 0.3) is 0 Å². The summed E-state index contributed by atoms with van der Waals surface area (Å²) in [5, 5.41) is 0.420. The number of ketones is 1. The Morgan fingerprint density at radius 1 is 1.25 bits per heavy atom. The fourth-order valence-corrected chi connectivity index (χ4v) is 2.29. The average molecular weight is 293 g/mol. The number of ether oxygens (including phenoxy) is 1. The molecule has 2 rings (SSSR count). The third-order valence-corrected chi connectivity index (χ3v) is 3.32. The first-order valence-electron chi connectivity index (χ1n) is 6.13. The van der Waals surface area contributed by atoms with Crippen molar-refractivity contribution in [2.75, 3.05) is 7.11 Å². The maximum Gasteiger partial charge on any atom is 0.168 e. The Morgan fingerprint density at radius 2 is 2.00 bits per heavy atom. The molecule has 0 bridgehead atoms. The van der Waals surface area contributed by atoms with E-state index < -0.39 is 5.82 Å². The number of hydrogen-bond donors (Lipinski definition) is 0. The van der Waals surface area contributed by atoms with E-state index in [1.807, 2.05) is 13.0 Å². The van der Waals surface area contributed by atoms with Gasteiger partial charge in [0.05, 0.1) is 12.1 Å². The summed E-state index contributed by atoms with van der Waals surface area (Å²) in [7, 11) is 1.40. The molecule has 4 heteroatoms. The van der Waals surface area contributed by atoms with E-state index in [1.165, 1.54) is 19.2 Å². The average Bonchev–Trinajstić information content (AvgIpc) is 2.38. The predicted molar refractivity (Wildman–Crippen MR) is 77.2 cm³/mol. The summed E-state index contributed by atoms with van der Waals surface area (Å²) < 4.78 is 18.4. The third-order valence-electron chi connectivity index (χ3n) is 3.01. The summed E-state index contributed by atoms with van der Waals surface area (Å²) in [5.41, 5.74) is 2.03. The van der Waals surface area contributed by atoms with Gasteiger partial charge in [-0.1, -0.05) is 23.7 Å². The molecular weight excluding hydrogens is 279 g/mol. The Balaban J connectivity index is 2.21. The minimum absolute atomic E-state index is 0.101. The number of carbonyl (C=O) groups is 1. The molecule has 0 unspecified atom stereocenters. The molecule has 0 spiro atoms. The minimum Gasteiger partial charge on any atom is -0.494 e. The van der Waals surface area contributed by atoms with Crippen molar-refractivity contribution >= 4 is 17.4 Å². The second kappa shape index (κ2) is 6.06. The smallest absolute Gasteiger partial charge is 0.168 e. The molecule has 0 aromatic heterocycles. The number of hydrogen-bond acceptors (Lipinski definition) is 2. The molecule has 0 aliphatic carbocycles. The summed E-state index contributed by atoms with van der Waals surface area (Å²) in [6, 6.07) is 9.74. The van der Waals surface area contributed by atoms with Crippen LogP contribution in [0, 0.1) is 12.7 Å². The fraction of sp³-hybridized carbons (Fsp3) is 0.188. The van der Waals surface area contributed by atoms with Crippen molar-refractivity contribution in [2.45, 2.75) is 13.3 Å².